The van der Waals surface area contributed by atoms with Crippen LogP contribution in [0.1, 0.15) is 17.7 Å². The molecule has 3 rings (SSSR count). The molecule has 0 aliphatic carbocycles. The second-order valence-electron chi connectivity index (χ2n) is 5.36. The number of guanidine groups is 1. The van der Waals surface area contributed by atoms with Gasteiger partial charge in [-0.1, -0.05) is 12.1 Å². The lowest BCUT2D eigenvalue weighted by molar-refractivity contribution is -0.139. The van der Waals surface area contributed by atoms with Crippen LogP contribution >= 0.6 is 0 Å². The number of aromatic nitrogens is 2. The summed E-state index contributed by atoms with van der Waals surface area (Å²) in [5.74, 6) is -1.07. The lowest BCUT2D eigenvalue weighted by Crippen LogP contribution is -2.33. The minimum atomic E-state index is -1.08. The Morgan fingerprint density at radius 1 is 1.35 bits per heavy atom. The van der Waals surface area contributed by atoms with Crippen molar-refractivity contribution >= 4 is 34.7 Å². The molecular weight excluding hydrogens is 298 g/mol. The van der Waals surface area contributed by atoms with Gasteiger partial charge >= 0.3 is 5.97 Å². The van der Waals surface area contributed by atoms with Crippen LogP contribution in [-0.2, 0) is 9.59 Å². The van der Waals surface area contributed by atoms with E-state index in [9.17, 15) is 9.59 Å². The molecule has 0 spiro atoms. The number of aryl methyl sites for hydroxylation is 2. The molecule has 1 atom stereocenters. The summed E-state index contributed by atoms with van der Waals surface area (Å²) in [6.07, 6.45) is -0.353. The third-order valence-corrected chi connectivity index (χ3v) is 3.47. The first-order valence-corrected chi connectivity index (χ1v) is 7.05. The molecule has 23 heavy (non-hydrogen) atoms. The lowest BCUT2D eigenvalue weighted by atomic mass is 10.1. The fourth-order valence-electron chi connectivity index (χ4n) is 2.37. The van der Waals surface area contributed by atoms with Crippen LogP contribution in [0.3, 0.4) is 0 Å². The van der Waals surface area contributed by atoms with E-state index in [2.05, 4.69) is 25.6 Å². The monoisotopic (exact) mass is 313 g/mol. The second-order valence-corrected chi connectivity index (χ2v) is 5.36. The number of rotatable bonds is 3. The van der Waals surface area contributed by atoms with E-state index in [1.54, 1.807) is 0 Å². The van der Waals surface area contributed by atoms with E-state index < -0.39 is 17.9 Å². The maximum atomic E-state index is 11.7. The number of benzene rings is 1. The maximum Gasteiger partial charge on any atom is 0.306 e. The van der Waals surface area contributed by atoms with E-state index in [1.807, 2.05) is 32.0 Å². The minimum absolute atomic E-state index is 0.160. The van der Waals surface area contributed by atoms with Crippen molar-refractivity contribution in [2.45, 2.75) is 26.3 Å². The first-order valence-electron chi connectivity index (χ1n) is 7.05. The molecule has 2 aromatic rings. The number of fused-ring (bicyclic) bond motifs is 1. The number of amides is 1. The third-order valence-electron chi connectivity index (χ3n) is 3.47. The van der Waals surface area contributed by atoms with Crippen LogP contribution in [0.4, 0.5) is 5.95 Å². The van der Waals surface area contributed by atoms with Gasteiger partial charge in [0, 0.05) is 5.39 Å². The zero-order chi connectivity index (χ0) is 16.6. The molecule has 0 radical (unpaired) electrons. The normalized spacial score (nSPS) is 17.0. The van der Waals surface area contributed by atoms with Crippen molar-refractivity contribution in [1.82, 2.24) is 15.3 Å². The van der Waals surface area contributed by atoms with Crippen LogP contribution in [0, 0.1) is 13.8 Å². The van der Waals surface area contributed by atoms with Crippen LogP contribution in [0.2, 0.25) is 0 Å². The number of aliphatic imine (C=N–C) groups is 1. The predicted molar refractivity (Wildman–Crippen MR) is 84.3 cm³/mol. The van der Waals surface area contributed by atoms with Crippen molar-refractivity contribution in [3.05, 3.63) is 29.5 Å². The number of hydrogen-bond donors (Lipinski definition) is 3. The van der Waals surface area contributed by atoms with Crippen molar-refractivity contribution in [3.63, 3.8) is 0 Å². The molecular formula is C15H15N5O3. The number of carboxylic acid groups (broad SMARTS) is 1. The standard InChI is InChI=1S/C15H15N5O3/c1-7-3-4-9-8(2)16-14(17-10(9)5-7)20-15-18-11(6-12(21)22)13(23)19-15/h3-5,11H,6H2,1-2H3,(H,21,22)(H2,16,17,18,19,20,23)/t11-/m1/s1. The van der Waals surface area contributed by atoms with Gasteiger partial charge in [-0.25, -0.2) is 15.0 Å². The molecule has 1 aliphatic heterocycles. The van der Waals surface area contributed by atoms with Gasteiger partial charge < -0.3 is 5.11 Å². The highest BCUT2D eigenvalue weighted by atomic mass is 16.4. The first kappa shape index (κ1) is 14.9. The van der Waals surface area contributed by atoms with Crippen LogP contribution in [-0.4, -0.2) is 39.0 Å². The minimum Gasteiger partial charge on any atom is -0.481 e. The SMILES string of the molecule is Cc1ccc2c(C)nc(NC3=N[C@H](CC(=O)O)C(=O)N3)nc2c1. The second kappa shape index (κ2) is 5.64. The molecule has 2 heterocycles. The Hall–Kier alpha value is -3.03. The first-order chi connectivity index (χ1) is 10.9. The molecule has 3 N–H and O–H groups in total. The molecule has 0 unspecified atom stereocenters. The Morgan fingerprint density at radius 3 is 2.87 bits per heavy atom. The Kier molecular flexibility index (Phi) is 3.65. The molecule has 8 heteroatoms. The number of carbonyl (C=O) groups excluding carboxylic acids is 1. The van der Waals surface area contributed by atoms with E-state index >= 15 is 0 Å². The van der Waals surface area contributed by atoms with E-state index in [0.29, 0.717) is 5.95 Å². The summed E-state index contributed by atoms with van der Waals surface area (Å²) in [6, 6.07) is 4.96. The Labute approximate surface area is 131 Å². The summed E-state index contributed by atoms with van der Waals surface area (Å²) in [7, 11) is 0. The van der Waals surface area contributed by atoms with E-state index in [1.165, 1.54) is 0 Å². The summed E-state index contributed by atoms with van der Waals surface area (Å²) < 4.78 is 0. The van der Waals surface area contributed by atoms with Crippen molar-refractivity contribution in [2.24, 2.45) is 4.99 Å². The molecule has 0 saturated heterocycles. The van der Waals surface area contributed by atoms with Crippen molar-refractivity contribution in [1.29, 1.82) is 0 Å². The van der Waals surface area contributed by atoms with Crippen LogP contribution in [0.15, 0.2) is 23.2 Å². The number of anilines is 1. The maximum absolute atomic E-state index is 11.7. The number of hydrogen-bond acceptors (Lipinski definition) is 6. The Bertz CT molecular complexity index is 846. The highest BCUT2D eigenvalue weighted by Gasteiger charge is 2.28. The molecule has 1 aliphatic rings. The molecule has 0 saturated carbocycles. The van der Waals surface area contributed by atoms with E-state index in [-0.39, 0.29) is 12.4 Å². The van der Waals surface area contributed by atoms with Gasteiger partial charge in [0.25, 0.3) is 5.91 Å². The van der Waals surface area contributed by atoms with E-state index in [0.717, 1.165) is 22.2 Å². The fourth-order valence-corrected chi connectivity index (χ4v) is 2.37. The summed E-state index contributed by atoms with van der Waals surface area (Å²) in [6.45, 7) is 3.84. The smallest absolute Gasteiger partial charge is 0.306 e. The average Bonchev–Trinajstić information content (AvgIpc) is 2.77. The quantitative estimate of drug-likeness (QED) is 0.778. The number of nitrogens with zero attached hydrogens (tertiary/aromatic N) is 3. The summed E-state index contributed by atoms with van der Waals surface area (Å²) in [4.78, 5) is 35.1. The lowest BCUT2D eigenvalue weighted by Gasteiger charge is -2.08. The molecule has 1 aromatic heterocycles. The molecule has 0 bridgehead atoms. The van der Waals surface area contributed by atoms with Gasteiger partial charge in [0.05, 0.1) is 17.6 Å². The number of nitrogens with one attached hydrogen (secondary N) is 2. The van der Waals surface area contributed by atoms with Crippen LogP contribution < -0.4 is 10.6 Å². The van der Waals surface area contributed by atoms with Gasteiger partial charge in [0.1, 0.15) is 6.04 Å². The zero-order valence-electron chi connectivity index (χ0n) is 12.6. The Balaban J connectivity index is 1.87. The van der Waals surface area contributed by atoms with Gasteiger partial charge in [-0.15, -0.1) is 0 Å². The zero-order valence-corrected chi connectivity index (χ0v) is 12.6. The molecule has 0 fully saturated rings. The Morgan fingerprint density at radius 2 is 2.13 bits per heavy atom. The molecule has 1 aromatic carbocycles. The average molecular weight is 313 g/mol. The van der Waals surface area contributed by atoms with Crippen molar-refractivity contribution in [3.8, 4) is 0 Å². The van der Waals surface area contributed by atoms with Gasteiger partial charge in [0.15, 0.2) is 0 Å². The molecule has 1 amide bonds. The van der Waals surface area contributed by atoms with Gasteiger partial charge in [-0.05, 0) is 25.5 Å². The summed E-state index contributed by atoms with van der Waals surface area (Å²) >= 11 is 0. The fraction of sp³-hybridized carbons (Fsp3) is 0.267. The van der Waals surface area contributed by atoms with Gasteiger partial charge in [-0.3, -0.25) is 20.2 Å². The third kappa shape index (κ3) is 3.10. The number of carbonyl (C=O) groups is 2. The summed E-state index contributed by atoms with van der Waals surface area (Å²) in [5, 5.41) is 15.0. The van der Waals surface area contributed by atoms with Crippen LogP contribution in [0.25, 0.3) is 10.9 Å². The predicted octanol–water partition coefficient (Wildman–Crippen LogP) is 0.988. The highest BCUT2D eigenvalue weighted by molar-refractivity contribution is 6.10. The topological polar surface area (TPSA) is 117 Å². The van der Waals surface area contributed by atoms with Crippen LogP contribution in [0.5, 0.6) is 0 Å². The van der Waals surface area contributed by atoms with Gasteiger partial charge in [0.2, 0.25) is 11.9 Å². The molecule has 8 nitrogen and oxygen atoms in total. The summed E-state index contributed by atoms with van der Waals surface area (Å²) in [5.41, 5.74) is 2.66. The largest absolute Gasteiger partial charge is 0.481 e. The number of carboxylic acids is 1. The van der Waals surface area contributed by atoms with E-state index in [4.69, 9.17) is 5.11 Å². The number of aliphatic carboxylic acids is 1. The molecule has 118 valence electrons. The van der Waals surface area contributed by atoms with Crippen molar-refractivity contribution < 1.29 is 14.7 Å². The highest BCUT2D eigenvalue weighted by Crippen LogP contribution is 2.18. The van der Waals surface area contributed by atoms with Crippen molar-refractivity contribution in [2.75, 3.05) is 5.32 Å². The van der Waals surface area contributed by atoms with Gasteiger partial charge in [-0.2, -0.15) is 0 Å².